The lowest BCUT2D eigenvalue weighted by molar-refractivity contribution is 0.331. The molecule has 1 aromatic carbocycles. The van der Waals surface area contributed by atoms with Crippen molar-refractivity contribution < 1.29 is 0 Å². The maximum Gasteiger partial charge on any atom is 0.0526 e. The summed E-state index contributed by atoms with van der Waals surface area (Å²) in [4.78, 5) is 2.48. The molecule has 2 nitrogen and oxygen atoms in total. The molecule has 4 heteroatoms. The van der Waals surface area contributed by atoms with E-state index in [0.29, 0.717) is 0 Å². The van der Waals surface area contributed by atoms with Gasteiger partial charge in [0.05, 0.1) is 5.69 Å². The van der Waals surface area contributed by atoms with E-state index < -0.39 is 0 Å². The van der Waals surface area contributed by atoms with Crippen LogP contribution in [0.3, 0.4) is 0 Å². The minimum Gasteiger partial charge on any atom is -0.369 e. The van der Waals surface area contributed by atoms with Gasteiger partial charge in [-0.2, -0.15) is 0 Å². The Hall–Kier alpha value is -0.250. The molecule has 1 saturated carbocycles. The zero-order valence-electron chi connectivity index (χ0n) is 11.3. The molecule has 1 N–H and O–H groups in total. The van der Waals surface area contributed by atoms with Gasteiger partial charge in [-0.3, -0.25) is 0 Å². The largest absolute Gasteiger partial charge is 0.369 e. The maximum atomic E-state index is 6.16. The molecule has 0 spiro atoms. The predicted octanol–water partition coefficient (Wildman–Crippen LogP) is 4.07. The lowest BCUT2D eigenvalue weighted by atomic mass is 9.95. The molecule has 2 aliphatic rings. The number of hydrogen-bond acceptors (Lipinski definition) is 2. The second-order valence-electron chi connectivity index (χ2n) is 5.99. The normalized spacial score (nSPS) is 28.3. The van der Waals surface area contributed by atoms with Gasteiger partial charge in [0.15, 0.2) is 0 Å². The maximum absolute atomic E-state index is 6.16. The molecular formula is C15H20BrClN2. The Balaban J connectivity index is 1.88. The number of anilines is 1. The average Bonchev–Trinajstić information content (AvgIpc) is 3.19. The lowest BCUT2D eigenvalue weighted by Gasteiger charge is -2.35. The molecule has 1 saturated heterocycles. The molecule has 1 aliphatic carbocycles. The van der Waals surface area contributed by atoms with E-state index >= 15 is 0 Å². The van der Waals surface area contributed by atoms with E-state index in [1.807, 2.05) is 12.1 Å². The Morgan fingerprint density at radius 2 is 2.21 bits per heavy atom. The number of nitrogens with zero attached hydrogens (tertiary/aromatic N) is 1. The summed E-state index contributed by atoms with van der Waals surface area (Å²) in [5.74, 6) is 0.839. The molecule has 0 amide bonds. The smallest absolute Gasteiger partial charge is 0.0526 e. The predicted molar refractivity (Wildman–Crippen MR) is 85.1 cm³/mol. The fourth-order valence-electron chi connectivity index (χ4n) is 3.10. The van der Waals surface area contributed by atoms with Crippen LogP contribution in [0.4, 0.5) is 5.69 Å². The molecule has 1 unspecified atom stereocenters. The Kier molecular flexibility index (Phi) is 3.80. The summed E-state index contributed by atoms with van der Waals surface area (Å²) in [5.41, 5.74) is 1.47. The van der Waals surface area contributed by atoms with Gasteiger partial charge in [0.1, 0.15) is 0 Å². The monoisotopic (exact) mass is 342 g/mol. The summed E-state index contributed by atoms with van der Waals surface area (Å²) in [6.07, 6.45) is 3.92. The van der Waals surface area contributed by atoms with Crippen LogP contribution in [-0.4, -0.2) is 25.2 Å². The van der Waals surface area contributed by atoms with Gasteiger partial charge in [-0.05, 0) is 72.8 Å². The summed E-state index contributed by atoms with van der Waals surface area (Å²) < 4.78 is 1.14. The molecule has 2 fully saturated rings. The van der Waals surface area contributed by atoms with Crippen LogP contribution in [0, 0.1) is 5.92 Å². The fraction of sp³-hybridized carbons (Fsp3) is 0.600. The SMILES string of the molecule is CC1(C2CC2)CN(c2cc(Cl)ccc2Br)CCCN1. The first-order chi connectivity index (χ1) is 9.08. The van der Waals surface area contributed by atoms with E-state index in [1.54, 1.807) is 0 Å². The molecule has 1 atom stereocenters. The van der Waals surface area contributed by atoms with Crippen LogP contribution < -0.4 is 10.2 Å². The minimum atomic E-state index is 0.248. The van der Waals surface area contributed by atoms with E-state index in [4.69, 9.17) is 11.6 Å². The summed E-state index contributed by atoms with van der Waals surface area (Å²) >= 11 is 9.82. The van der Waals surface area contributed by atoms with Crippen molar-refractivity contribution in [3.05, 3.63) is 27.7 Å². The number of hydrogen-bond donors (Lipinski definition) is 1. The highest BCUT2D eigenvalue weighted by Crippen LogP contribution is 2.42. The molecule has 1 aromatic rings. The van der Waals surface area contributed by atoms with Gasteiger partial charge in [-0.25, -0.2) is 0 Å². The third-order valence-corrected chi connectivity index (χ3v) is 5.29. The standard InChI is InChI=1S/C15H20BrClN2/c1-15(11-3-4-11)10-19(8-2-7-18-15)14-9-12(17)5-6-13(14)16/h5-6,9,11,18H,2-4,7-8,10H2,1H3. The zero-order chi connectivity index (χ0) is 13.5. The van der Waals surface area contributed by atoms with Gasteiger partial charge in [0, 0.05) is 28.1 Å². The van der Waals surface area contributed by atoms with Gasteiger partial charge in [0.25, 0.3) is 0 Å². The third kappa shape index (κ3) is 2.93. The zero-order valence-corrected chi connectivity index (χ0v) is 13.6. The van der Waals surface area contributed by atoms with Crippen molar-refractivity contribution in [2.24, 2.45) is 5.92 Å². The van der Waals surface area contributed by atoms with Gasteiger partial charge < -0.3 is 10.2 Å². The molecular weight excluding hydrogens is 324 g/mol. The Bertz CT molecular complexity index is 475. The lowest BCUT2D eigenvalue weighted by Crippen LogP contribution is -2.51. The van der Waals surface area contributed by atoms with Gasteiger partial charge in [-0.15, -0.1) is 0 Å². The van der Waals surface area contributed by atoms with Crippen molar-refractivity contribution in [1.82, 2.24) is 5.32 Å². The highest BCUT2D eigenvalue weighted by molar-refractivity contribution is 9.10. The molecule has 0 radical (unpaired) electrons. The molecule has 104 valence electrons. The molecule has 0 bridgehead atoms. The van der Waals surface area contributed by atoms with Crippen molar-refractivity contribution in [3.63, 3.8) is 0 Å². The molecule has 19 heavy (non-hydrogen) atoms. The van der Waals surface area contributed by atoms with Crippen molar-refractivity contribution in [2.45, 2.75) is 31.7 Å². The Labute approximate surface area is 128 Å². The fourth-order valence-corrected chi connectivity index (χ4v) is 3.77. The number of halogens is 2. The average molecular weight is 344 g/mol. The van der Waals surface area contributed by atoms with Crippen LogP contribution in [0.5, 0.6) is 0 Å². The highest BCUT2D eigenvalue weighted by atomic mass is 79.9. The second kappa shape index (κ2) is 5.27. The minimum absolute atomic E-state index is 0.248. The summed E-state index contributed by atoms with van der Waals surface area (Å²) in [6.45, 7) is 5.65. The van der Waals surface area contributed by atoms with Gasteiger partial charge >= 0.3 is 0 Å². The highest BCUT2D eigenvalue weighted by Gasteiger charge is 2.43. The first-order valence-electron chi connectivity index (χ1n) is 7.03. The topological polar surface area (TPSA) is 15.3 Å². The van der Waals surface area contributed by atoms with Crippen LogP contribution in [0.2, 0.25) is 5.02 Å². The van der Waals surface area contributed by atoms with Gasteiger partial charge in [-0.1, -0.05) is 11.6 Å². The van der Waals surface area contributed by atoms with Crippen LogP contribution >= 0.6 is 27.5 Å². The quantitative estimate of drug-likeness (QED) is 0.871. The summed E-state index contributed by atoms with van der Waals surface area (Å²) in [6, 6.07) is 6.06. The first kappa shape index (κ1) is 13.7. The Morgan fingerprint density at radius 1 is 1.42 bits per heavy atom. The molecule has 3 rings (SSSR count). The number of rotatable bonds is 2. The van der Waals surface area contributed by atoms with Crippen molar-refractivity contribution in [2.75, 3.05) is 24.5 Å². The first-order valence-corrected chi connectivity index (χ1v) is 8.21. The molecule has 1 aliphatic heterocycles. The second-order valence-corrected chi connectivity index (χ2v) is 7.28. The van der Waals surface area contributed by atoms with E-state index in [1.165, 1.54) is 24.9 Å². The van der Waals surface area contributed by atoms with Crippen molar-refractivity contribution in [3.8, 4) is 0 Å². The van der Waals surface area contributed by atoms with Crippen molar-refractivity contribution >= 4 is 33.2 Å². The van der Waals surface area contributed by atoms with Gasteiger partial charge in [0.2, 0.25) is 0 Å². The van der Waals surface area contributed by atoms with Crippen LogP contribution in [-0.2, 0) is 0 Å². The molecule has 1 heterocycles. The Morgan fingerprint density at radius 3 is 2.95 bits per heavy atom. The number of nitrogens with one attached hydrogen (secondary N) is 1. The van der Waals surface area contributed by atoms with E-state index in [9.17, 15) is 0 Å². The van der Waals surface area contributed by atoms with Crippen LogP contribution in [0.1, 0.15) is 26.2 Å². The van der Waals surface area contributed by atoms with E-state index in [2.05, 4.69) is 39.1 Å². The van der Waals surface area contributed by atoms with Crippen molar-refractivity contribution in [1.29, 1.82) is 0 Å². The third-order valence-electron chi connectivity index (χ3n) is 4.38. The summed E-state index contributed by atoms with van der Waals surface area (Å²) in [7, 11) is 0. The number of benzene rings is 1. The van der Waals surface area contributed by atoms with E-state index in [0.717, 1.165) is 35.0 Å². The summed E-state index contributed by atoms with van der Waals surface area (Å²) in [5, 5.41) is 4.57. The van der Waals surface area contributed by atoms with E-state index in [-0.39, 0.29) is 5.54 Å². The molecule has 0 aromatic heterocycles. The van der Waals surface area contributed by atoms with Crippen LogP contribution in [0.15, 0.2) is 22.7 Å². The van der Waals surface area contributed by atoms with Crippen LogP contribution in [0.25, 0.3) is 0 Å².